The fraction of sp³-hybridized carbons (Fsp3) is 0.235. The predicted octanol–water partition coefficient (Wildman–Crippen LogP) is 2.53. The van der Waals surface area contributed by atoms with Gasteiger partial charge in [0.05, 0.1) is 0 Å². The van der Waals surface area contributed by atoms with E-state index in [-0.39, 0.29) is 6.54 Å². The standard InChI is InChI=1S/C17H19NO4S/c1-13(23(2,20)21)17(19)18-12-14-8-6-7-11-16(14)22-15-9-4-3-5-10-15/h3-11,13H,12H2,1-2H3,(H,18,19)/t13-/m1/s1. The highest BCUT2D eigenvalue weighted by Crippen LogP contribution is 2.24. The Bertz CT molecular complexity index is 772. The van der Waals surface area contributed by atoms with E-state index in [0.717, 1.165) is 11.8 Å². The molecule has 6 heteroatoms. The van der Waals surface area contributed by atoms with Gasteiger partial charge in [-0.05, 0) is 25.1 Å². The molecule has 0 unspecified atom stereocenters. The molecule has 0 fully saturated rings. The SMILES string of the molecule is C[C@H](C(=O)NCc1ccccc1Oc1ccccc1)S(C)(=O)=O. The maximum Gasteiger partial charge on any atom is 0.238 e. The van der Waals surface area contributed by atoms with Gasteiger partial charge in [0.15, 0.2) is 9.84 Å². The minimum Gasteiger partial charge on any atom is -0.457 e. The second-order valence-corrected chi connectivity index (χ2v) is 7.58. The van der Waals surface area contributed by atoms with E-state index in [2.05, 4.69) is 5.32 Å². The highest BCUT2D eigenvalue weighted by Gasteiger charge is 2.23. The normalized spacial score (nSPS) is 12.4. The smallest absolute Gasteiger partial charge is 0.238 e. The van der Waals surface area contributed by atoms with Crippen LogP contribution in [0.2, 0.25) is 0 Å². The van der Waals surface area contributed by atoms with Gasteiger partial charge in [0.2, 0.25) is 5.91 Å². The molecule has 0 aliphatic heterocycles. The van der Waals surface area contributed by atoms with Gasteiger partial charge in [0, 0.05) is 18.4 Å². The van der Waals surface area contributed by atoms with Crippen LogP contribution < -0.4 is 10.1 Å². The second-order valence-electron chi connectivity index (χ2n) is 5.21. The summed E-state index contributed by atoms with van der Waals surface area (Å²) >= 11 is 0. The number of amides is 1. The highest BCUT2D eigenvalue weighted by atomic mass is 32.2. The fourth-order valence-corrected chi connectivity index (χ4v) is 2.36. The molecule has 0 aliphatic rings. The van der Waals surface area contributed by atoms with E-state index in [0.29, 0.717) is 11.5 Å². The average Bonchev–Trinajstić information content (AvgIpc) is 2.53. The lowest BCUT2D eigenvalue weighted by Gasteiger charge is -2.13. The van der Waals surface area contributed by atoms with E-state index in [4.69, 9.17) is 4.74 Å². The third-order valence-corrected chi connectivity index (χ3v) is 4.91. The molecule has 122 valence electrons. The topological polar surface area (TPSA) is 72.5 Å². The average molecular weight is 333 g/mol. The monoisotopic (exact) mass is 333 g/mol. The van der Waals surface area contributed by atoms with Gasteiger partial charge in [0.25, 0.3) is 0 Å². The lowest BCUT2D eigenvalue weighted by Crippen LogP contribution is -2.37. The van der Waals surface area contributed by atoms with Gasteiger partial charge in [-0.3, -0.25) is 4.79 Å². The van der Waals surface area contributed by atoms with Gasteiger partial charge in [-0.25, -0.2) is 8.42 Å². The molecule has 23 heavy (non-hydrogen) atoms. The van der Waals surface area contributed by atoms with Crippen LogP contribution >= 0.6 is 0 Å². The van der Waals surface area contributed by atoms with Crippen molar-refractivity contribution in [1.82, 2.24) is 5.32 Å². The second kappa shape index (κ2) is 7.28. The van der Waals surface area contributed by atoms with Gasteiger partial charge in [0.1, 0.15) is 16.7 Å². The number of nitrogens with one attached hydrogen (secondary N) is 1. The summed E-state index contributed by atoms with van der Waals surface area (Å²) in [4.78, 5) is 11.9. The molecule has 2 aromatic rings. The molecule has 0 aromatic heterocycles. The summed E-state index contributed by atoms with van der Waals surface area (Å²) in [6, 6.07) is 16.6. The van der Waals surface area contributed by atoms with Crippen molar-refractivity contribution in [2.75, 3.05) is 6.26 Å². The molecule has 1 atom stereocenters. The van der Waals surface area contributed by atoms with Crippen molar-refractivity contribution in [3.63, 3.8) is 0 Å². The molecular weight excluding hydrogens is 314 g/mol. The van der Waals surface area contributed by atoms with Gasteiger partial charge in [-0.1, -0.05) is 36.4 Å². The first-order valence-corrected chi connectivity index (χ1v) is 9.11. The highest BCUT2D eigenvalue weighted by molar-refractivity contribution is 7.92. The number of carbonyl (C=O) groups excluding carboxylic acids is 1. The van der Waals surface area contributed by atoms with E-state index < -0.39 is 21.0 Å². The molecule has 2 aromatic carbocycles. The molecule has 5 nitrogen and oxygen atoms in total. The number of rotatable bonds is 6. The first kappa shape index (κ1) is 17.0. The number of hydrogen-bond donors (Lipinski definition) is 1. The summed E-state index contributed by atoms with van der Waals surface area (Å²) in [6.45, 7) is 1.57. The Hall–Kier alpha value is -2.34. The molecule has 0 spiro atoms. The molecule has 0 bridgehead atoms. The van der Waals surface area contributed by atoms with E-state index in [9.17, 15) is 13.2 Å². The molecule has 1 N–H and O–H groups in total. The Morgan fingerprint density at radius 1 is 1.09 bits per heavy atom. The zero-order valence-corrected chi connectivity index (χ0v) is 13.8. The summed E-state index contributed by atoms with van der Waals surface area (Å²) in [7, 11) is -3.41. The number of para-hydroxylation sites is 2. The maximum absolute atomic E-state index is 11.9. The summed E-state index contributed by atoms with van der Waals surface area (Å²) in [6.07, 6.45) is 1.05. The van der Waals surface area contributed by atoms with Crippen LogP contribution in [0, 0.1) is 0 Å². The maximum atomic E-state index is 11.9. The van der Waals surface area contributed by atoms with Crippen LogP contribution in [-0.4, -0.2) is 25.8 Å². The first-order chi connectivity index (χ1) is 10.9. The van der Waals surface area contributed by atoms with Crippen molar-refractivity contribution in [3.05, 3.63) is 60.2 Å². The Kier molecular flexibility index (Phi) is 5.39. The van der Waals surface area contributed by atoms with E-state index in [1.54, 1.807) is 6.07 Å². The predicted molar refractivity (Wildman–Crippen MR) is 89.1 cm³/mol. The van der Waals surface area contributed by atoms with Gasteiger partial charge in [-0.2, -0.15) is 0 Å². The van der Waals surface area contributed by atoms with Crippen molar-refractivity contribution in [3.8, 4) is 11.5 Å². The lowest BCUT2D eigenvalue weighted by molar-refractivity contribution is -0.120. The van der Waals surface area contributed by atoms with Crippen LogP contribution in [0.5, 0.6) is 11.5 Å². The largest absolute Gasteiger partial charge is 0.457 e. The third kappa shape index (κ3) is 4.82. The Morgan fingerprint density at radius 2 is 1.70 bits per heavy atom. The lowest BCUT2D eigenvalue weighted by atomic mass is 10.2. The minimum absolute atomic E-state index is 0.196. The zero-order chi connectivity index (χ0) is 16.9. The Labute approximate surface area is 136 Å². The van der Waals surface area contributed by atoms with Gasteiger partial charge < -0.3 is 10.1 Å². The number of hydrogen-bond acceptors (Lipinski definition) is 4. The number of benzene rings is 2. The van der Waals surface area contributed by atoms with E-state index in [1.807, 2.05) is 48.5 Å². The molecule has 2 rings (SSSR count). The molecule has 0 saturated carbocycles. The molecule has 0 radical (unpaired) electrons. The van der Waals surface area contributed by atoms with Crippen LogP contribution in [0.3, 0.4) is 0 Å². The first-order valence-electron chi connectivity index (χ1n) is 7.15. The van der Waals surface area contributed by atoms with E-state index >= 15 is 0 Å². The van der Waals surface area contributed by atoms with Gasteiger partial charge in [-0.15, -0.1) is 0 Å². The summed E-state index contributed by atoms with van der Waals surface area (Å²) < 4.78 is 28.6. The molecular formula is C17H19NO4S. The number of carbonyl (C=O) groups is 1. The summed E-state index contributed by atoms with van der Waals surface area (Å²) in [5.41, 5.74) is 0.769. The van der Waals surface area contributed by atoms with Crippen LogP contribution in [-0.2, 0) is 21.2 Å². The summed E-state index contributed by atoms with van der Waals surface area (Å²) in [5, 5.41) is 1.55. The molecule has 0 heterocycles. The van der Waals surface area contributed by atoms with Crippen LogP contribution in [0.25, 0.3) is 0 Å². The van der Waals surface area contributed by atoms with Crippen molar-refractivity contribution >= 4 is 15.7 Å². The number of ether oxygens (including phenoxy) is 1. The minimum atomic E-state index is -3.41. The fourth-order valence-electron chi connectivity index (χ4n) is 1.89. The van der Waals surface area contributed by atoms with Crippen molar-refractivity contribution in [2.24, 2.45) is 0 Å². The van der Waals surface area contributed by atoms with Crippen LogP contribution in [0.1, 0.15) is 12.5 Å². The molecule has 0 aliphatic carbocycles. The third-order valence-electron chi connectivity index (χ3n) is 3.41. The van der Waals surface area contributed by atoms with Crippen molar-refractivity contribution in [2.45, 2.75) is 18.7 Å². The molecule has 1 amide bonds. The van der Waals surface area contributed by atoms with Crippen LogP contribution in [0.4, 0.5) is 0 Å². The zero-order valence-electron chi connectivity index (χ0n) is 13.0. The number of sulfone groups is 1. The Balaban J connectivity index is 2.08. The van der Waals surface area contributed by atoms with Crippen LogP contribution in [0.15, 0.2) is 54.6 Å². The summed E-state index contributed by atoms with van der Waals surface area (Å²) in [5.74, 6) is 0.781. The molecule has 0 saturated heterocycles. The van der Waals surface area contributed by atoms with E-state index in [1.165, 1.54) is 6.92 Å². The van der Waals surface area contributed by atoms with Crippen molar-refractivity contribution < 1.29 is 17.9 Å². The quantitative estimate of drug-likeness (QED) is 0.882. The Morgan fingerprint density at radius 3 is 2.35 bits per heavy atom. The van der Waals surface area contributed by atoms with Crippen molar-refractivity contribution in [1.29, 1.82) is 0 Å². The van der Waals surface area contributed by atoms with Gasteiger partial charge >= 0.3 is 0 Å².